The first-order valence-corrected chi connectivity index (χ1v) is 9.06. The lowest BCUT2D eigenvalue weighted by atomic mass is 10.0. The third-order valence-corrected chi connectivity index (χ3v) is 4.67. The van der Waals surface area contributed by atoms with E-state index in [1.165, 1.54) is 0 Å². The van der Waals surface area contributed by atoms with E-state index >= 15 is 0 Å². The lowest BCUT2D eigenvalue weighted by molar-refractivity contribution is 0.190. The van der Waals surface area contributed by atoms with Gasteiger partial charge in [-0.3, -0.25) is 4.79 Å². The van der Waals surface area contributed by atoms with Gasteiger partial charge in [0.1, 0.15) is 5.52 Å². The molecule has 0 aliphatic rings. The van der Waals surface area contributed by atoms with Gasteiger partial charge in [-0.25, -0.2) is 4.52 Å². The molecule has 27 heavy (non-hydrogen) atoms. The minimum Gasteiger partial charge on any atom is -0.385 e. The molecule has 0 saturated heterocycles. The molecule has 0 aliphatic carbocycles. The molecule has 3 aromatic heterocycles. The molecule has 4 rings (SSSR count). The zero-order valence-corrected chi connectivity index (χ0v) is 15.4. The number of rotatable bonds is 6. The minimum atomic E-state index is -0.159. The molecule has 0 radical (unpaired) electrons. The zero-order chi connectivity index (χ0) is 18.8. The summed E-state index contributed by atoms with van der Waals surface area (Å²) in [5.41, 5.74) is 4.46. The number of pyridine rings is 1. The molecule has 0 aliphatic heterocycles. The number of nitrogens with zero attached hydrogens (tertiary/aromatic N) is 5. The SMILES string of the molecule is CCc1nn2c(nnc3c(=O)n(CCCOC)ccc32)c1-c1ccccc1. The van der Waals surface area contributed by atoms with E-state index in [0.29, 0.717) is 29.8 Å². The largest absolute Gasteiger partial charge is 0.385 e. The first-order valence-electron chi connectivity index (χ1n) is 9.06. The smallest absolute Gasteiger partial charge is 0.280 e. The highest BCUT2D eigenvalue weighted by Crippen LogP contribution is 2.28. The normalized spacial score (nSPS) is 11.5. The van der Waals surface area contributed by atoms with Gasteiger partial charge in [-0.1, -0.05) is 37.3 Å². The fourth-order valence-corrected chi connectivity index (χ4v) is 3.33. The van der Waals surface area contributed by atoms with Crippen LogP contribution in [0, 0.1) is 0 Å². The number of aromatic nitrogens is 5. The molecule has 0 saturated carbocycles. The number of hydrogen-bond donors (Lipinski definition) is 0. The Hall–Kier alpha value is -3.06. The Morgan fingerprint density at radius 1 is 1.11 bits per heavy atom. The Morgan fingerprint density at radius 2 is 1.93 bits per heavy atom. The van der Waals surface area contributed by atoms with Crippen molar-refractivity contribution in [3.05, 3.63) is 58.6 Å². The van der Waals surface area contributed by atoms with Crippen LogP contribution in [-0.4, -0.2) is 38.1 Å². The third-order valence-electron chi connectivity index (χ3n) is 4.67. The highest BCUT2D eigenvalue weighted by atomic mass is 16.5. The minimum absolute atomic E-state index is 0.159. The van der Waals surface area contributed by atoms with E-state index in [2.05, 4.69) is 17.1 Å². The number of methoxy groups -OCH3 is 1. The van der Waals surface area contributed by atoms with E-state index in [1.807, 2.05) is 36.4 Å². The van der Waals surface area contributed by atoms with E-state index < -0.39 is 0 Å². The average Bonchev–Trinajstić information content (AvgIpc) is 3.09. The summed E-state index contributed by atoms with van der Waals surface area (Å²) >= 11 is 0. The fourth-order valence-electron chi connectivity index (χ4n) is 3.33. The summed E-state index contributed by atoms with van der Waals surface area (Å²) in [5, 5.41) is 13.3. The zero-order valence-electron chi connectivity index (χ0n) is 15.4. The Balaban J connectivity index is 1.91. The van der Waals surface area contributed by atoms with E-state index in [0.717, 1.165) is 29.7 Å². The van der Waals surface area contributed by atoms with Crippen LogP contribution in [0.4, 0.5) is 0 Å². The Morgan fingerprint density at radius 3 is 2.67 bits per heavy atom. The van der Waals surface area contributed by atoms with Crippen LogP contribution < -0.4 is 5.56 Å². The summed E-state index contributed by atoms with van der Waals surface area (Å²) < 4.78 is 8.44. The first kappa shape index (κ1) is 17.4. The van der Waals surface area contributed by atoms with Crippen molar-refractivity contribution in [3.63, 3.8) is 0 Å². The van der Waals surface area contributed by atoms with Crippen LogP contribution in [0.15, 0.2) is 47.4 Å². The van der Waals surface area contributed by atoms with Gasteiger partial charge in [0.25, 0.3) is 5.56 Å². The lowest BCUT2D eigenvalue weighted by Gasteiger charge is -2.07. The van der Waals surface area contributed by atoms with Crippen molar-refractivity contribution in [2.75, 3.05) is 13.7 Å². The van der Waals surface area contributed by atoms with E-state index in [-0.39, 0.29) is 5.56 Å². The molecule has 0 amide bonds. The summed E-state index contributed by atoms with van der Waals surface area (Å²) in [5.74, 6) is 0. The summed E-state index contributed by atoms with van der Waals surface area (Å²) in [7, 11) is 1.65. The summed E-state index contributed by atoms with van der Waals surface area (Å²) in [6.07, 6.45) is 3.32. The molecule has 1 aromatic carbocycles. The van der Waals surface area contributed by atoms with E-state index in [1.54, 1.807) is 22.4 Å². The van der Waals surface area contributed by atoms with E-state index in [4.69, 9.17) is 9.84 Å². The first-order chi connectivity index (χ1) is 13.2. The van der Waals surface area contributed by atoms with Gasteiger partial charge in [0.05, 0.1) is 11.3 Å². The number of ether oxygens (including phenoxy) is 1. The predicted molar refractivity (Wildman–Crippen MR) is 104 cm³/mol. The van der Waals surface area contributed by atoms with Gasteiger partial charge in [0.15, 0.2) is 11.2 Å². The van der Waals surface area contributed by atoms with Crippen LogP contribution >= 0.6 is 0 Å². The third kappa shape index (κ3) is 3.00. The van der Waals surface area contributed by atoms with Gasteiger partial charge in [-0.15, -0.1) is 10.2 Å². The number of fused-ring (bicyclic) bond motifs is 3. The second-order valence-corrected chi connectivity index (χ2v) is 6.37. The van der Waals surface area contributed by atoms with Crippen LogP contribution in [0.5, 0.6) is 0 Å². The second kappa shape index (κ2) is 7.28. The molecule has 3 heterocycles. The molecule has 138 valence electrons. The molecule has 7 heteroatoms. The monoisotopic (exact) mass is 363 g/mol. The maximum atomic E-state index is 12.8. The summed E-state index contributed by atoms with van der Waals surface area (Å²) in [4.78, 5) is 12.8. The van der Waals surface area contributed by atoms with Crippen molar-refractivity contribution in [2.24, 2.45) is 0 Å². The van der Waals surface area contributed by atoms with Crippen LogP contribution in [-0.2, 0) is 17.7 Å². The molecule has 0 N–H and O–H groups in total. The molecule has 4 aromatic rings. The van der Waals surface area contributed by atoms with Crippen molar-refractivity contribution >= 4 is 16.7 Å². The molecule has 0 bridgehead atoms. The standard InChI is InChI=1S/C20H21N5O2/c1-3-15-17(14-8-5-4-6-9-14)19-22-21-18-16(25(19)23-15)10-12-24(20(18)26)11-7-13-27-2/h4-6,8-10,12H,3,7,11,13H2,1-2H3. The molecule has 0 unspecified atom stereocenters. The average molecular weight is 363 g/mol. The van der Waals surface area contributed by atoms with Crippen molar-refractivity contribution in [2.45, 2.75) is 26.3 Å². The fraction of sp³-hybridized carbons (Fsp3) is 0.300. The number of hydrogen-bond acceptors (Lipinski definition) is 5. The number of benzene rings is 1. The lowest BCUT2D eigenvalue weighted by Crippen LogP contribution is -2.22. The maximum Gasteiger partial charge on any atom is 0.280 e. The summed E-state index contributed by atoms with van der Waals surface area (Å²) in [6.45, 7) is 3.25. The Labute approximate surface area is 156 Å². The highest BCUT2D eigenvalue weighted by Gasteiger charge is 2.18. The van der Waals surface area contributed by atoms with Crippen molar-refractivity contribution in [1.29, 1.82) is 0 Å². The van der Waals surface area contributed by atoms with Gasteiger partial charge in [-0.2, -0.15) is 5.10 Å². The molecule has 7 nitrogen and oxygen atoms in total. The molecule has 0 spiro atoms. The maximum absolute atomic E-state index is 12.8. The second-order valence-electron chi connectivity index (χ2n) is 6.37. The van der Waals surface area contributed by atoms with Crippen LogP contribution in [0.3, 0.4) is 0 Å². The topological polar surface area (TPSA) is 74.3 Å². The molecule has 0 fully saturated rings. The highest BCUT2D eigenvalue weighted by molar-refractivity contribution is 5.84. The molecular formula is C20H21N5O2. The van der Waals surface area contributed by atoms with Gasteiger partial charge in [0.2, 0.25) is 0 Å². The van der Waals surface area contributed by atoms with Crippen LogP contribution in [0.1, 0.15) is 19.0 Å². The predicted octanol–water partition coefficient (Wildman–Crippen LogP) is 2.71. The van der Waals surface area contributed by atoms with Crippen LogP contribution in [0.2, 0.25) is 0 Å². The van der Waals surface area contributed by atoms with Gasteiger partial charge in [-0.05, 0) is 24.5 Å². The van der Waals surface area contributed by atoms with Crippen molar-refractivity contribution < 1.29 is 4.74 Å². The molecule has 0 atom stereocenters. The number of aryl methyl sites for hydroxylation is 2. The van der Waals surface area contributed by atoms with Gasteiger partial charge < -0.3 is 9.30 Å². The molecular weight excluding hydrogens is 342 g/mol. The van der Waals surface area contributed by atoms with Crippen molar-refractivity contribution in [1.82, 2.24) is 24.4 Å². The Kier molecular flexibility index (Phi) is 4.68. The van der Waals surface area contributed by atoms with Crippen LogP contribution in [0.25, 0.3) is 27.8 Å². The summed E-state index contributed by atoms with van der Waals surface area (Å²) in [6, 6.07) is 11.9. The van der Waals surface area contributed by atoms with E-state index in [9.17, 15) is 4.79 Å². The Bertz CT molecular complexity index is 1150. The van der Waals surface area contributed by atoms with Crippen molar-refractivity contribution in [3.8, 4) is 11.1 Å². The van der Waals surface area contributed by atoms with Gasteiger partial charge >= 0.3 is 0 Å². The van der Waals surface area contributed by atoms with Gasteiger partial charge in [0, 0.05) is 26.5 Å². The quantitative estimate of drug-likeness (QED) is 0.493.